The molecule has 0 saturated carbocycles. The molecule has 1 atom stereocenters. The number of aryl methyl sites for hydroxylation is 2. The Hall–Kier alpha value is -2.80. The summed E-state index contributed by atoms with van der Waals surface area (Å²) >= 11 is 0. The van der Waals surface area contributed by atoms with Crippen LogP contribution in [0.5, 0.6) is 0 Å². The predicted octanol–water partition coefficient (Wildman–Crippen LogP) is 2.22. The van der Waals surface area contributed by atoms with Gasteiger partial charge < -0.3 is 20.7 Å². The first-order chi connectivity index (χ1) is 13.4. The number of aromatic nitrogens is 3. The normalized spacial score (nSPS) is 14.2. The highest BCUT2D eigenvalue weighted by atomic mass is 16.3. The van der Waals surface area contributed by atoms with Crippen LogP contribution < -0.4 is 10.6 Å². The number of para-hydroxylation sites is 1. The lowest BCUT2D eigenvalue weighted by molar-refractivity contribution is 0.0672. The Balaban J connectivity index is 1.64. The van der Waals surface area contributed by atoms with Gasteiger partial charge in [-0.2, -0.15) is 5.10 Å². The van der Waals surface area contributed by atoms with Crippen molar-refractivity contribution in [1.82, 2.24) is 25.4 Å². The summed E-state index contributed by atoms with van der Waals surface area (Å²) in [5.74, 6) is 0.698. The summed E-state index contributed by atoms with van der Waals surface area (Å²) in [6.45, 7) is 7.66. The Kier molecular flexibility index (Phi) is 6.04. The molecule has 2 heterocycles. The number of aliphatic hydroxyl groups is 1. The summed E-state index contributed by atoms with van der Waals surface area (Å²) in [7, 11) is 1.83. The van der Waals surface area contributed by atoms with Gasteiger partial charge in [0.25, 0.3) is 0 Å². The maximum atomic E-state index is 10.7. The zero-order valence-corrected chi connectivity index (χ0v) is 17.1. The van der Waals surface area contributed by atoms with Crippen molar-refractivity contribution in [1.29, 1.82) is 0 Å². The molecule has 0 aliphatic rings. The fourth-order valence-electron chi connectivity index (χ4n) is 3.33. The van der Waals surface area contributed by atoms with E-state index in [4.69, 9.17) is 0 Å². The molecule has 3 rings (SSSR count). The number of nitrogens with one attached hydrogen (secondary N) is 3. The number of nitrogens with zero attached hydrogens (tertiary/aromatic N) is 3. The number of guanidine groups is 1. The second-order valence-corrected chi connectivity index (χ2v) is 7.32. The lowest BCUT2D eigenvalue weighted by Crippen LogP contribution is -2.39. The Morgan fingerprint density at radius 2 is 2.11 bits per heavy atom. The smallest absolute Gasteiger partial charge is 0.191 e. The van der Waals surface area contributed by atoms with Crippen LogP contribution in [0.1, 0.15) is 30.7 Å². The van der Waals surface area contributed by atoms with E-state index in [0.717, 1.165) is 25.1 Å². The highest BCUT2D eigenvalue weighted by molar-refractivity contribution is 5.84. The third-order valence-corrected chi connectivity index (χ3v) is 4.91. The molecule has 4 N–H and O–H groups in total. The molecule has 0 bridgehead atoms. The lowest BCUT2D eigenvalue weighted by Gasteiger charge is -2.20. The fraction of sp³-hybridized carbons (Fsp3) is 0.429. The highest BCUT2D eigenvalue weighted by Gasteiger charge is 2.24. The number of hydrogen-bond acceptors (Lipinski definition) is 3. The van der Waals surface area contributed by atoms with E-state index in [1.807, 2.05) is 26.2 Å². The number of H-pyrrole nitrogens is 1. The van der Waals surface area contributed by atoms with Crippen LogP contribution in [0.3, 0.4) is 0 Å². The Bertz CT molecular complexity index is 953. The van der Waals surface area contributed by atoms with Gasteiger partial charge in [-0.25, -0.2) is 4.99 Å². The molecule has 1 unspecified atom stereocenters. The quantitative estimate of drug-likeness (QED) is 0.373. The van der Waals surface area contributed by atoms with Gasteiger partial charge in [-0.05, 0) is 38.8 Å². The molecule has 0 saturated heterocycles. The largest absolute Gasteiger partial charge is 0.383 e. The molecule has 7 nitrogen and oxygen atoms in total. The number of aliphatic imine (C=N–C) groups is 1. The number of hydrogen-bond donors (Lipinski definition) is 4. The van der Waals surface area contributed by atoms with E-state index in [2.05, 4.69) is 50.8 Å². The van der Waals surface area contributed by atoms with Crippen LogP contribution in [0.25, 0.3) is 10.9 Å². The molecule has 0 amide bonds. The lowest BCUT2D eigenvalue weighted by atomic mass is 10.0. The Labute approximate surface area is 165 Å². The van der Waals surface area contributed by atoms with Crippen molar-refractivity contribution >= 4 is 16.9 Å². The molecule has 0 fully saturated rings. The molecule has 3 aromatic rings. The van der Waals surface area contributed by atoms with E-state index in [1.54, 1.807) is 17.8 Å². The molecule has 0 spiro atoms. The monoisotopic (exact) mass is 382 g/mol. The topological polar surface area (TPSA) is 90.3 Å². The Morgan fingerprint density at radius 3 is 2.82 bits per heavy atom. The maximum Gasteiger partial charge on any atom is 0.191 e. The molecule has 150 valence electrons. The van der Waals surface area contributed by atoms with Crippen LogP contribution >= 0.6 is 0 Å². The second kappa shape index (κ2) is 8.48. The van der Waals surface area contributed by atoms with Crippen LogP contribution in [0.4, 0.5) is 0 Å². The van der Waals surface area contributed by atoms with E-state index in [-0.39, 0.29) is 6.54 Å². The molecule has 0 aliphatic carbocycles. The van der Waals surface area contributed by atoms with Gasteiger partial charge in [-0.3, -0.25) is 4.68 Å². The summed E-state index contributed by atoms with van der Waals surface area (Å²) in [6.07, 6.45) is 4.38. The van der Waals surface area contributed by atoms with E-state index in [1.165, 1.54) is 22.2 Å². The zero-order valence-electron chi connectivity index (χ0n) is 17.1. The van der Waals surface area contributed by atoms with Crippen molar-refractivity contribution in [2.75, 3.05) is 19.6 Å². The number of fused-ring (bicyclic) bond motifs is 1. The molecular formula is C21H30N6O. The van der Waals surface area contributed by atoms with Gasteiger partial charge >= 0.3 is 0 Å². The zero-order chi connectivity index (χ0) is 20.1. The average molecular weight is 383 g/mol. The van der Waals surface area contributed by atoms with Crippen LogP contribution in [0, 0.1) is 6.92 Å². The number of rotatable bonds is 7. The SMILES string of the molecule is CCNC(=NCC(C)(O)c1cnn(C)c1)NCCc1c(C)[nH]c2ccccc12. The minimum absolute atomic E-state index is 0.250. The highest BCUT2D eigenvalue weighted by Crippen LogP contribution is 2.22. The predicted molar refractivity (Wildman–Crippen MR) is 113 cm³/mol. The minimum atomic E-state index is -1.07. The van der Waals surface area contributed by atoms with Gasteiger partial charge in [0, 0.05) is 48.5 Å². The molecule has 2 aromatic heterocycles. The van der Waals surface area contributed by atoms with Crippen LogP contribution in [-0.2, 0) is 19.1 Å². The standard InChI is InChI=1S/C21H30N6O/c1-5-22-20(24-14-21(3,28)16-12-25-27(4)13-16)23-11-10-17-15(2)26-19-9-7-6-8-18(17)19/h6-9,12-13,26,28H,5,10-11,14H2,1-4H3,(H2,22,23,24). The van der Waals surface area contributed by atoms with Crippen molar-refractivity contribution < 1.29 is 5.11 Å². The number of aromatic amines is 1. The van der Waals surface area contributed by atoms with Gasteiger partial charge in [-0.15, -0.1) is 0 Å². The van der Waals surface area contributed by atoms with Gasteiger partial charge in [0.2, 0.25) is 0 Å². The van der Waals surface area contributed by atoms with E-state index >= 15 is 0 Å². The first kappa shape index (κ1) is 19.9. The molecule has 0 aliphatic heterocycles. The van der Waals surface area contributed by atoms with Crippen molar-refractivity contribution in [2.45, 2.75) is 32.8 Å². The van der Waals surface area contributed by atoms with Gasteiger partial charge in [0.1, 0.15) is 5.60 Å². The minimum Gasteiger partial charge on any atom is -0.383 e. The molecular weight excluding hydrogens is 352 g/mol. The van der Waals surface area contributed by atoms with E-state index in [9.17, 15) is 5.11 Å². The maximum absolute atomic E-state index is 10.7. The average Bonchev–Trinajstić information content (AvgIpc) is 3.23. The summed E-state index contributed by atoms with van der Waals surface area (Å²) in [6, 6.07) is 8.37. The van der Waals surface area contributed by atoms with Crippen molar-refractivity contribution in [2.24, 2.45) is 12.0 Å². The van der Waals surface area contributed by atoms with Crippen LogP contribution in [0.2, 0.25) is 0 Å². The fourth-order valence-corrected chi connectivity index (χ4v) is 3.33. The third-order valence-electron chi connectivity index (χ3n) is 4.91. The summed E-state index contributed by atoms with van der Waals surface area (Å²) in [4.78, 5) is 8.01. The van der Waals surface area contributed by atoms with Crippen LogP contribution in [-0.4, -0.2) is 45.5 Å². The van der Waals surface area contributed by atoms with Crippen molar-refractivity contribution in [3.63, 3.8) is 0 Å². The summed E-state index contributed by atoms with van der Waals surface area (Å²) in [5.41, 5.74) is 3.38. The molecule has 7 heteroatoms. The second-order valence-electron chi connectivity index (χ2n) is 7.32. The first-order valence-corrected chi connectivity index (χ1v) is 9.70. The van der Waals surface area contributed by atoms with E-state index in [0.29, 0.717) is 5.96 Å². The van der Waals surface area contributed by atoms with Gasteiger partial charge in [0.05, 0.1) is 12.7 Å². The third kappa shape index (κ3) is 4.54. The van der Waals surface area contributed by atoms with Gasteiger partial charge in [-0.1, -0.05) is 18.2 Å². The van der Waals surface area contributed by atoms with Crippen molar-refractivity contribution in [3.8, 4) is 0 Å². The molecule has 1 aromatic carbocycles. The first-order valence-electron chi connectivity index (χ1n) is 9.70. The van der Waals surface area contributed by atoms with E-state index < -0.39 is 5.60 Å². The summed E-state index contributed by atoms with van der Waals surface area (Å²) < 4.78 is 1.68. The Morgan fingerprint density at radius 1 is 1.32 bits per heavy atom. The summed E-state index contributed by atoms with van der Waals surface area (Å²) in [5, 5.41) is 22.7. The van der Waals surface area contributed by atoms with Gasteiger partial charge in [0.15, 0.2) is 5.96 Å². The molecule has 0 radical (unpaired) electrons. The van der Waals surface area contributed by atoms with Crippen molar-refractivity contribution in [3.05, 3.63) is 53.5 Å². The van der Waals surface area contributed by atoms with Crippen LogP contribution in [0.15, 0.2) is 41.7 Å². The molecule has 28 heavy (non-hydrogen) atoms. The number of benzene rings is 1.